The van der Waals surface area contributed by atoms with E-state index in [9.17, 15) is 9.59 Å². The molecule has 0 fully saturated rings. The zero-order valence-electron chi connectivity index (χ0n) is 13.4. The van der Waals surface area contributed by atoms with Crippen LogP contribution >= 0.6 is 11.3 Å². The fourth-order valence-electron chi connectivity index (χ4n) is 2.42. The molecule has 0 radical (unpaired) electrons. The number of pyridine rings is 1. The Kier molecular flexibility index (Phi) is 5.05. The second-order valence-corrected chi connectivity index (χ2v) is 6.65. The van der Waals surface area contributed by atoms with Crippen molar-refractivity contribution >= 4 is 23.0 Å². The summed E-state index contributed by atoms with van der Waals surface area (Å²) in [5.41, 5.74) is 1.83. The number of hydrogen-bond acceptors (Lipinski definition) is 5. The summed E-state index contributed by atoms with van der Waals surface area (Å²) in [6.07, 6.45) is 3.74. The van der Waals surface area contributed by atoms with Crippen LogP contribution in [0.1, 0.15) is 29.0 Å². The van der Waals surface area contributed by atoms with Crippen molar-refractivity contribution in [2.75, 3.05) is 0 Å². The highest BCUT2D eigenvalue weighted by Crippen LogP contribution is 2.12. The fraction of sp³-hybridized carbons (Fsp3) is 0.278. The summed E-state index contributed by atoms with van der Waals surface area (Å²) >= 11 is 1.69. The van der Waals surface area contributed by atoms with Gasteiger partial charge in [0, 0.05) is 23.6 Å². The number of carbonyl (C=O) groups is 1. The third kappa shape index (κ3) is 4.08. The van der Waals surface area contributed by atoms with Gasteiger partial charge in [-0.3, -0.25) is 14.0 Å². The summed E-state index contributed by atoms with van der Waals surface area (Å²) in [6, 6.07) is 9.14. The highest BCUT2D eigenvalue weighted by molar-refractivity contribution is 7.09. The molecular weight excluding hydrogens is 324 g/mol. The lowest BCUT2D eigenvalue weighted by Gasteiger charge is -2.06. The third-order valence-corrected chi connectivity index (χ3v) is 4.56. The molecule has 0 spiro atoms. The first-order chi connectivity index (χ1) is 11.6. The smallest absolute Gasteiger partial charge is 0.306 e. The molecule has 0 bridgehead atoms. The molecule has 24 heavy (non-hydrogen) atoms. The van der Waals surface area contributed by atoms with Crippen molar-refractivity contribution in [3.8, 4) is 0 Å². The molecule has 0 aromatic carbocycles. The molecular formula is C18H18N2O3S. The van der Waals surface area contributed by atoms with Crippen LogP contribution in [0.2, 0.25) is 0 Å². The molecule has 6 heteroatoms. The summed E-state index contributed by atoms with van der Waals surface area (Å²) in [6.45, 7) is 1.94. The Labute approximate surface area is 143 Å². The van der Waals surface area contributed by atoms with Crippen LogP contribution in [0.15, 0.2) is 46.7 Å². The molecule has 3 heterocycles. The van der Waals surface area contributed by atoms with Crippen LogP contribution in [0.5, 0.6) is 0 Å². The zero-order valence-corrected chi connectivity index (χ0v) is 14.2. The van der Waals surface area contributed by atoms with Gasteiger partial charge >= 0.3 is 5.97 Å². The minimum absolute atomic E-state index is 0.0252. The standard InChI is InChI=1S/C18H18N2O3S/c1-13-7-8-16-19-14(10-17(21)20(16)11-13)12-23-18(22)6-2-4-15-5-3-9-24-15/h3,5,7-11H,2,4,6,12H2,1H3. The van der Waals surface area contributed by atoms with E-state index in [1.165, 1.54) is 15.3 Å². The Bertz CT molecular complexity index is 900. The summed E-state index contributed by atoms with van der Waals surface area (Å²) in [7, 11) is 0. The van der Waals surface area contributed by atoms with Gasteiger partial charge in [0.2, 0.25) is 0 Å². The van der Waals surface area contributed by atoms with Crippen LogP contribution in [0.4, 0.5) is 0 Å². The maximum Gasteiger partial charge on any atom is 0.306 e. The summed E-state index contributed by atoms with van der Waals surface area (Å²) in [5.74, 6) is -0.266. The molecule has 0 saturated carbocycles. The maximum absolute atomic E-state index is 12.1. The monoisotopic (exact) mass is 342 g/mol. The topological polar surface area (TPSA) is 60.7 Å². The minimum atomic E-state index is -0.266. The summed E-state index contributed by atoms with van der Waals surface area (Å²) in [4.78, 5) is 29.5. The Balaban J connectivity index is 1.56. The molecule has 0 aliphatic carbocycles. The van der Waals surface area contributed by atoms with E-state index >= 15 is 0 Å². The van der Waals surface area contributed by atoms with E-state index in [2.05, 4.69) is 11.1 Å². The van der Waals surface area contributed by atoms with Crippen LogP contribution in [-0.4, -0.2) is 15.4 Å². The fourth-order valence-corrected chi connectivity index (χ4v) is 3.17. The number of esters is 1. The first-order valence-corrected chi connectivity index (χ1v) is 8.67. The molecule has 0 amide bonds. The van der Waals surface area contributed by atoms with E-state index in [1.807, 2.05) is 24.4 Å². The molecule has 0 saturated heterocycles. The lowest BCUT2D eigenvalue weighted by atomic mass is 10.2. The van der Waals surface area contributed by atoms with Crippen molar-refractivity contribution in [1.29, 1.82) is 0 Å². The van der Waals surface area contributed by atoms with Gasteiger partial charge in [-0.2, -0.15) is 0 Å². The molecule has 0 N–H and O–H groups in total. The van der Waals surface area contributed by atoms with Gasteiger partial charge in [-0.15, -0.1) is 11.3 Å². The van der Waals surface area contributed by atoms with E-state index in [0.717, 1.165) is 18.4 Å². The number of rotatable bonds is 6. The van der Waals surface area contributed by atoms with E-state index in [4.69, 9.17) is 4.74 Å². The Morgan fingerprint density at radius 1 is 1.33 bits per heavy atom. The van der Waals surface area contributed by atoms with E-state index < -0.39 is 0 Å². The number of aromatic nitrogens is 2. The average Bonchev–Trinajstić information content (AvgIpc) is 3.07. The van der Waals surface area contributed by atoms with E-state index in [1.54, 1.807) is 23.6 Å². The van der Waals surface area contributed by atoms with Gasteiger partial charge < -0.3 is 4.74 Å². The second-order valence-electron chi connectivity index (χ2n) is 5.61. The first-order valence-electron chi connectivity index (χ1n) is 7.79. The van der Waals surface area contributed by atoms with Crippen molar-refractivity contribution in [2.45, 2.75) is 32.8 Å². The van der Waals surface area contributed by atoms with E-state index in [-0.39, 0.29) is 18.1 Å². The van der Waals surface area contributed by atoms with Crippen molar-refractivity contribution in [3.63, 3.8) is 0 Å². The SMILES string of the molecule is Cc1ccc2nc(COC(=O)CCCc3cccs3)cc(=O)n2c1. The first kappa shape index (κ1) is 16.4. The number of nitrogens with zero attached hydrogens (tertiary/aromatic N) is 2. The number of fused-ring (bicyclic) bond motifs is 1. The molecule has 0 atom stereocenters. The zero-order chi connectivity index (χ0) is 16.9. The molecule has 124 valence electrons. The average molecular weight is 342 g/mol. The Morgan fingerprint density at radius 3 is 3.00 bits per heavy atom. The largest absolute Gasteiger partial charge is 0.459 e. The van der Waals surface area contributed by atoms with Crippen LogP contribution < -0.4 is 5.56 Å². The van der Waals surface area contributed by atoms with Gasteiger partial charge in [-0.1, -0.05) is 12.1 Å². The van der Waals surface area contributed by atoms with Gasteiger partial charge in [0.1, 0.15) is 12.3 Å². The molecule has 3 aromatic rings. The Hall–Kier alpha value is -2.47. The quantitative estimate of drug-likeness (QED) is 0.646. The molecule has 5 nitrogen and oxygen atoms in total. The maximum atomic E-state index is 12.1. The van der Waals surface area contributed by atoms with E-state index in [0.29, 0.717) is 17.8 Å². The van der Waals surface area contributed by atoms with Crippen molar-refractivity contribution < 1.29 is 9.53 Å². The predicted molar refractivity (Wildman–Crippen MR) is 93.3 cm³/mol. The van der Waals surface area contributed by atoms with Gasteiger partial charge in [0.15, 0.2) is 0 Å². The highest BCUT2D eigenvalue weighted by Gasteiger charge is 2.07. The Morgan fingerprint density at radius 2 is 2.21 bits per heavy atom. The van der Waals surface area contributed by atoms with Crippen LogP contribution in [0.25, 0.3) is 5.65 Å². The van der Waals surface area contributed by atoms with Crippen LogP contribution in [0, 0.1) is 6.92 Å². The number of carbonyl (C=O) groups excluding carboxylic acids is 1. The van der Waals surface area contributed by atoms with Crippen molar-refractivity contribution in [3.05, 3.63) is 68.4 Å². The number of aryl methyl sites for hydroxylation is 2. The lowest BCUT2D eigenvalue weighted by Crippen LogP contribution is -2.16. The summed E-state index contributed by atoms with van der Waals surface area (Å²) < 4.78 is 6.72. The van der Waals surface area contributed by atoms with Crippen molar-refractivity contribution in [2.24, 2.45) is 0 Å². The lowest BCUT2D eigenvalue weighted by molar-refractivity contribution is -0.145. The van der Waals surface area contributed by atoms with Gasteiger partial charge in [-0.25, -0.2) is 4.98 Å². The normalized spacial score (nSPS) is 10.9. The summed E-state index contributed by atoms with van der Waals surface area (Å²) in [5, 5.41) is 2.03. The molecule has 0 aliphatic heterocycles. The van der Waals surface area contributed by atoms with Gasteiger partial charge in [-0.05, 0) is 42.8 Å². The predicted octanol–water partition coefficient (Wildman–Crippen LogP) is 3.13. The number of ether oxygens (including phenoxy) is 1. The van der Waals surface area contributed by atoms with Crippen LogP contribution in [-0.2, 0) is 22.6 Å². The highest BCUT2D eigenvalue weighted by atomic mass is 32.1. The molecule has 0 aliphatic rings. The second kappa shape index (κ2) is 7.40. The third-order valence-electron chi connectivity index (χ3n) is 3.63. The van der Waals surface area contributed by atoms with Crippen molar-refractivity contribution in [1.82, 2.24) is 9.38 Å². The van der Waals surface area contributed by atoms with Gasteiger partial charge in [0.05, 0.1) is 5.69 Å². The number of thiophene rings is 1. The molecule has 0 unspecified atom stereocenters. The van der Waals surface area contributed by atoms with Gasteiger partial charge in [0.25, 0.3) is 5.56 Å². The van der Waals surface area contributed by atoms with Crippen LogP contribution in [0.3, 0.4) is 0 Å². The number of hydrogen-bond donors (Lipinski definition) is 0. The molecule has 3 rings (SSSR count). The minimum Gasteiger partial charge on any atom is -0.459 e. The molecule has 3 aromatic heterocycles.